The van der Waals surface area contributed by atoms with Crippen LogP contribution in [0.3, 0.4) is 0 Å². The molecule has 2 aromatic carbocycles. The molecule has 1 spiro atoms. The van der Waals surface area contributed by atoms with Crippen molar-refractivity contribution in [2.45, 2.75) is 12.0 Å². The maximum Gasteiger partial charge on any atom is 0.321 e. The number of nitrogens with zero attached hydrogens (tertiary/aromatic N) is 3. The van der Waals surface area contributed by atoms with E-state index in [1.54, 1.807) is 21.9 Å². The van der Waals surface area contributed by atoms with E-state index in [1.807, 2.05) is 42.3 Å². The van der Waals surface area contributed by atoms with Crippen LogP contribution in [0.15, 0.2) is 54.6 Å². The molecule has 146 valence electrons. The summed E-state index contributed by atoms with van der Waals surface area (Å²) in [6, 6.07) is 15.3. The number of piperazine rings is 1. The van der Waals surface area contributed by atoms with E-state index < -0.39 is 0 Å². The Kier molecular flexibility index (Phi) is 4.77. The minimum absolute atomic E-state index is 0.0640. The van der Waals surface area contributed by atoms with Crippen molar-refractivity contribution in [1.29, 1.82) is 0 Å². The number of carbonyl (C=O) groups is 2. The average Bonchev–Trinajstić information content (AvgIpc) is 3.11. The molecule has 4 rings (SSSR count). The molecule has 6 nitrogen and oxygen atoms in total. The first-order chi connectivity index (χ1) is 13.5. The zero-order chi connectivity index (χ0) is 19.7. The molecule has 1 N–H and O–H groups in total. The maximum absolute atomic E-state index is 13.7. The van der Waals surface area contributed by atoms with Gasteiger partial charge in [-0.1, -0.05) is 24.3 Å². The van der Waals surface area contributed by atoms with Gasteiger partial charge in [-0.05, 0) is 43.8 Å². The molecule has 3 amide bonds. The lowest BCUT2D eigenvalue weighted by molar-refractivity contribution is -0.123. The first-order valence-corrected chi connectivity index (χ1v) is 9.35. The normalized spacial score (nSPS) is 22.7. The van der Waals surface area contributed by atoms with E-state index in [1.165, 1.54) is 12.1 Å². The molecule has 0 bridgehead atoms. The van der Waals surface area contributed by atoms with Crippen LogP contribution in [-0.2, 0) is 4.79 Å². The minimum Gasteiger partial charge on any atom is -0.323 e. The first-order valence-electron chi connectivity index (χ1n) is 9.35. The van der Waals surface area contributed by atoms with Gasteiger partial charge in [0, 0.05) is 31.0 Å². The summed E-state index contributed by atoms with van der Waals surface area (Å²) in [7, 11) is 1.92. The van der Waals surface area contributed by atoms with Crippen LogP contribution >= 0.6 is 0 Å². The number of likely N-dealkylation sites (N-methyl/N-ethyl adjacent to an activating group) is 1. The third-order valence-electron chi connectivity index (χ3n) is 5.70. The second-order valence-electron chi connectivity index (χ2n) is 7.51. The van der Waals surface area contributed by atoms with E-state index >= 15 is 0 Å². The largest absolute Gasteiger partial charge is 0.323 e. The molecule has 2 heterocycles. The van der Waals surface area contributed by atoms with E-state index in [0.717, 1.165) is 12.1 Å². The molecule has 0 saturated carbocycles. The van der Waals surface area contributed by atoms with Crippen LogP contribution in [0.25, 0.3) is 0 Å². The Labute approximate surface area is 163 Å². The van der Waals surface area contributed by atoms with Crippen LogP contribution in [0.1, 0.15) is 6.42 Å². The minimum atomic E-state index is -0.367. The van der Waals surface area contributed by atoms with Crippen LogP contribution in [-0.4, -0.2) is 60.5 Å². The molecule has 7 heteroatoms. The van der Waals surface area contributed by atoms with Crippen molar-refractivity contribution in [2.24, 2.45) is 0 Å². The van der Waals surface area contributed by atoms with Crippen molar-refractivity contribution in [3.05, 3.63) is 60.4 Å². The number of carbonyl (C=O) groups excluding carboxylic acids is 2. The van der Waals surface area contributed by atoms with E-state index in [4.69, 9.17) is 0 Å². The summed E-state index contributed by atoms with van der Waals surface area (Å²) in [5.74, 6) is -0.431. The predicted molar refractivity (Wildman–Crippen MR) is 106 cm³/mol. The van der Waals surface area contributed by atoms with Gasteiger partial charge >= 0.3 is 6.03 Å². The fraction of sp³-hybridized carbons (Fsp3) is 0.333. The summed E-state index contributed by atoms with van der Waals surface area (Å²) in [5, 5.41) is 2.92. The Balaban J connectivity index is 1.50. The number of amides is 3. The van der Waals surface area contributed by atoms with Gasteiger partial charge in [0.15, 0.2) is 0 Å². The Bertz CT molecular complexity index is 891. The Morgan fingerprint density at radius 3 is 2.64 bits per heavy atom. The number of rotatable bonds is 2. The second-order valence-corrected chi connectivity index (χ2v) is 7.51. The number of likely N-dealkylation sites (tertiary alicyclic amines) is 1. The summed E-state index contributed by atoms with van der Waals surface area (Å²) in [5.41, 5.74) is 0.973. The fourth-order valence-corrected chi connectivity index (χ4v) is 4.03. The monoisotopic (exact) mass is 382 g/mol. The van der Waals surface area contributed by atoms with E-state index in [-0.39, 0.29) is 29.8 Å². The molecule has 0 aromatic heterocycles. The Hall–Kier alpha value is -2.93. The van der Waals surface area contributed by atoms with Crippen molar-refractivity contribution in [1.82, 2.24) is 9.80 Å². The number of hydrogen-bond donors (Lipinski definition) is 1. The van der Waals surface area contributed by atoms with Crippen LogP contribution in [0.4, 0.5) is 20.6 Å². The smallest absolute Gasteiger partial charge is 0.321 e. The lowest BCUT2D eigenvalue weighted by atomic mass is 9.92. The molecule has 2 fully saturated rings. The molecular weight excluding hydrogens is 359 g/mol. The van der Waals surface area contributed by atoms with Gasteiger partial charge in [0.05, 0.1) is 12.1 Å². The number of para-hydroxylation sites is 1. The number of hydrogen-bond acceptors (Lipinski definition) is 3. The molecule has 2 saturated heterocycles. The van der Waals surface area contributed by atoms with Gasteiger partial charge in [-0.2, -0.15) is 0 Å². The molecule has 2 aliphatic heterocycles. The number of urea groups is 1. The van der Waals surface area contributed by atoms with Crippen LogP contribution in [0, 0.1) is 5.82 Å². The highest BCUT2D eigenvalue weighted by atomic mass is 19.1. The molecule has 2 aromatic rings. The van der Waals surface area contributed by atoms with E-state index in [9.17, 15) is 14.0 Å². The van der Waals surface area contributed by atoms with Crippen molar-refractivity contribution in [3.8, 4) is 0 Å². The van der Waals surface area contributed by atoms with E-state index in [0.29, 0.717) is 25.3 Å². The third kappa shape index (κ3) is 3.45. The topological polar surface area (TPSA) is 55.9 Å². The molecule has 28 heavy (non-hydrogen) atoms. The summed E-state index contributed by atoms with van der Waals surface area (Å²) < 4.78 is 13.7. The van der Waals surface area contributed by atoms with Crippen LogP contribution in [0.2, 0.25) is 0 Å². The van der Waals surface area contributed by atoms with Crippen molar-refractivity contribution < 1.29 is 14.0 Å². The van der Waals surface area contributed by atoms with Gasteiger partial charge in [0.25, 0.3) is 0 Å². The molecule has 0 radical (unpaired) electrons. The van der Waals surface area contributed by atoms with Gasteiger partial charge in [0.2, 0.25) is 5.91 Å². The SMILES string of the molecule is CN1CC(=O)N(c2cccc(F)c2)C[C@]12CCN(C(=O)Nc1ccccc1)C2. The molecule has 2 aliphatic rings. The molecule has 0 unspecified atom stereocenters. The highest BCUT2D eigenvalue weighted by molar-refractivity contribution is 5.96. The standard InChI is InChI=1S/C21H23FN4O2/c1-24-13-19(27)26(18-9-5-6-16(22)12-18)15-21(24)10-11-25(14-21)20(28)23-17-7-3-2-4-8-17/h2-9,12H,10-11,13-15H2,1H3,(H,23,28)/t21-/m1/s1. The van der Waals surface area contributed by atoms with Crippen molar-refractivity contribution in [2.75, 3.05) is 43.4 Å². The quantitative estimate of drug-likeness (QED) is 0.869. The van der Waals surface area contributed by atoms with Gasteiger partial charge in [0.1, 0.15) is 5.82 Å². The highest BCUT2D eigenvalue weighted by Gasteiger charge is 2.48. The Morgan fingerprint density at radius 2 is 1.89 bits per heavy atom. The van der Waals surface area contributed by atoms with Gasteiger partial charge in [-0.3, -0.25) is 9.69 Å². The number of nitrogens with one attached hydrogen (secondary N) is 1. The first kappa shape index (κ1) is 18.4. The average molecular weight is 382 g/mol. The fourth-order valence-electron chi connectivity index (χ4n) is 4.03. The zero-order valence-corrected chi connectivity index (χ0v) is 15.8. The summed E-state index contributed by atoms with van der Waals surface area (Å²) in [6.07, 6.45) is 0.755. The lowest BCUT2D eigenvalue weighted by Gasteiger charge is -2.46. The second kappa shape index (κ2) is 7.24. The number of halogens is 1. The van der Waals surface area contributed by atoms with Gasteiger partial charge < -0.3 is 15.1 Å². The Morgan fingerprint density at radius 1 is 1.11 bits per heavy atom. The molecule has 0 aliphatic carbocycles. The zero-order valence-electron chi connectivity index (χ0n) is 15.8. The van der Waals surface area contributed by atoms with Crippen LogP contribution in [0.5, 0.6) is 0 Å². The maximum atomic E-state index is 13.7. The lowest BCUT2D eigenvalue weighted by Crippen LogP contribution is -2.64. The highest BCUT2D eigenvalue weighted by Crippen LogP contribution is 2.33. The third-order valence-corrected chi connectivity index (χ3v) is 5.70. The van der Waals surface area contributed by atoms with Gasteiger partial charge in [-0.25, -0.2) is 9.18 Å². The summed E-state index contributed by atoms with van der Waals surface area (Å²) in [4.78, 5) is 30.7. The van der Waals surface area contributed by atoms with Crippen molar-refractivity contribution in [3.63, 3.8) is 0 Å². The van der Waals surface area contributed by atoms with Gasteiger partial charge in [-0.15, -0.1) is 0 Å². The van der Waals surface area contributed by atoms with Crippen LogP contribution < -0.4 is 10.2 Å². The number of benzene rings is 2. The van der Waals surface area contributed by atoms with E-state index in [2.05, 4.69) is 5.32 Å². The predicted octanol–water partition coefficient (Wildman–Crippen LogP) is 2.78. The number of anilines is 2. The summed E-state index contributed by atoms with van der Waals surface area (Å²) in [6.45, 7) is 1.79. The molecular formula is C21H23FN4O2. The molecule has 1 atom stereocenters. The summed E-state index contributed by atoms with van der Waals surface area (Å²) >= 11 is 0. The van der Waals surface area contributed by atoms with Crippen molar-refractivity contribution >= 4 is 23.3 Å².